The van der Waals surface area contributed by atoms with Gasteiger partial charge >= 0.3 is 0 Å². The van der Waals surface area contributed by atoms with E-state index < -0.39 is 0 Å². The van der Waals surface area contributed by atoms with Gasteiger partial charge in [-0.15, -0.1) is 0 Å². The van der Waals surface area contributed by atoms with Gasteiger partial charge in [0.25, 0.3) is 0 Å². The third-order valence-electron chi connectivity index (χ3n) is 3.81. The molecular formula is C13H24N4O. The topological polar surface area (TPSA) is 54.2 Å². The Bertz CT molecular complexity index is 366. The smallest absolute Gasteiger partial charge is 0.243 e. The van der Waals surface area contributed by atoms with Crippen molar-refractivity contribution in [2.75, 3.05) is 26.7 Å². The molecule has 2 atom stereocenters. The van der Waals surface area contributed by atoms with E-state index in [2.05, 4.69) is 27.3 Å². The molecule has 0 aliphatic carbocycles. The summed E-state index contributed by atoms with van der Waals surface area (Å²) in [7, 11) is 1.90. The van der Waals surface area contributed by atoms with E-state index in [0.717, 1.165) is 18.8 Å². The van der Waals surface area contributed by atoms with Gasteiger partial charge in [0.15, 0.2) is 5.82 Å². The first-order chi connectivity index (χ1) is 8.72. The normalized spacial score (nSPS) is 23.2. The first-order valence-corrected chi connectivity index (χ1v) is 6.95. The zero-order chi connectivity index (χ0) is 13.0. The average Bonchev–Trinajstić information content (AvgIpc) is 2.86. The molecule has 1 aromatic rings. The van der Waals surface area contributed by atoms with Crippen molar-refractivity contribution in [1.29, 1.82) is 0 Å². The molecule has 1 N–H and O–H groups in total. The molecule has 102 valence electrons. The second-order valence-corrected chi connectivity index (χ2v) is 5.16. The number of nitrogens with one attached hydrogen (secondary N) is 1. The van der Waals surface area contributed by atoms with E-state index in [0.29, 0.717) is 11.8 Å². The van der Waals surface area contributed by atoms with Gasteiger partial charge in [-0.25, -0.2) is 0 Å². The molecule has 1 aliphatic rings. The van der Waals surface area contributed by atoms with E-state index in [9.17, 15) is 0 Å². The maximum absolute atomic E-state index is 5.27. The van der Waals surface area contributed by atoms with Crippen molar-refractivity contribution in [3.05, 3.63) is 11.7 Å². The van der Waals surface area contributed by atoms with Crippen molar-refractivity contribution in [2.24, 2.45) is 5.92 Å². The fourth-order valence-corrected chi connectivity index (χ4v) is 2.51. The van der Waals surface area contributed by atoms with Gasteiger partial charge in [0.1, 0.15) is 0 Å². The molecule has 0 amide bonds. The van der Waals surface area contributed by atoms with Crippen molar-refractivity contribution >= 4 is 0 Å². The van der Waals surface area contributed by atoms with Crippen LogP contribution in [0.1, 0.15) is 44.4 Å². The Kier molecular flexibility index (Phi) is 4.72. The number of hydrogen-bond donors (Lipinski definition) is 1. The Morgan fingerprint density at radius 1 is 1.56 bits per heavy atom. The van der Waals surface area contributed by atoms with Gasteiger partial charge in [-0.3, -0.25) is 0 Å². The molecule has 5 nitrogen and oxygen atoms in total. The number of hydrogen-bond acceptors (Lipinski definition) is 5. The molecule has 2 unspecified atom stereocenters. The van der Waals surface area contributed by atoms with Gasteiger partial charge in [0, 0.05) is 13.0 Å². The summed E-state index contributed by atoms with van der Waals surface area (Å²) in [4.78, 5) is 6.97. The van der Waals surface area contributed by atoms with E-state index in [1.165, 1.54) is 25.9 Å². The Balaban J connectivity index is 1.90. The van der Waals surface area contributed by atoms with Crippen LogP contribution < -0.4 is 5.32 Å². The zero-order valence-electron chi connectivity index (χ0n) is 11.6. The molecule has 5 heteroatoms. The maximum Gasteiger partial charge on any atom is 0.243 e. The molecule has 2 heterocycles. The van der Waals surface area contributed by atoms with Crippen LogP contribution in [0, 0.1) is 5.92 Å². The predicted molar refractivity (Wildman–Crippen MR) is 70.3 cm³/mol. The Hall–Kier alpha value is -0.940. The van der Waals surface area contributed by atoms with Crippen LogP contribution in [0.3, 0.4) is 0 Å². The molecule has 0 spiro atoms. The van der Waals surface area contributed by atoms with E-state index in [-0.39, 0.29) is 6.04 Å². The lowest BCUT2D eigenvalue weighted by atomic mass is 9.94. The van der Waals surface area contributed by atoms with Crippen LogP contribution in [0.25, 0.3) is 0 Å². The maximum atomic E-state index is 5.27. The summed E-state index contributed by atoms with van der Waals surface area (Å²) < 4.78 is 5.27. The molecule has 0 radical (unpaired) electrons. The number of piperidine rings is 1. The Morgan fingerprint density at radius 3 is 3.11 bits per heavy atom. The number of aromatic nitrogens is 2. The van der Waals surface area contributed by atoms with Gasteiger partial charge in [-0.1, -0.05) is 12.1 Å². The second kappa shape index (κ2) is 6.29. The highest BCUT2D eigenvalue weighted by Gasteiger charge is 2.21. The predicted octanol–water partition coefficient (Wildman–Crippen LogP) is 1.62. The molecule has 18 heavy (non-hydrogen) atoms. The monoisotopic (exact) mass is 252 g/mol. The summed E-state index contributed by atoms with van der Waals surface area (Å²) in [6.07, 6.45) is 3.51. The lowest BCUT2D eigenvalue weighted by Crippen LogP contribution is -2.36. The van der Waals surface area contributed by atoms with E-state index in [1.807, 2.05) is 14.0 Å². The Labute approximate surface area is 109 Å². The van der Waals surface area contributed by atoms with E-state index >= 15 is 0 Å². The average molecular weight is 252 g/mol. The van der Waals surface area contributed by atoms with Crippen LogP contribution in [0.5, 0.6) is 0 Å². The first-order valence-electron chi connectivity index (χ1n) is 6.95. The highest BCUT2D eigenvalue weighted by molar-refractivity contribution is 4.93. The van der Waals surface area contributed by atoms with Crippen molar-refractivity contribution < 1.29 is 4.52 Å². The van der Waals surface area contributed by atoms with Gasteiger partial charge in [-0.05, 0) is 45.8 Å². The summed E-state index contributed by atoms with van der Waals surface area (Å²) in [5.41, 5.74) is 0. The fourth-order valence-electron chi connectivity index (χ4n) is 2.51. The second-order valence-electron chi connectivity index (χ2n) is 5.16. The van der Waals surface area contributed by atoms with E-state index in [1.54, 1.807) is 0 Å². The molecule has 1 saturated heterocycles. The summed E-state index contributed by atoms with van der Waals surface area (Å²) in [6, 6.07) is 0.129. The molecule has 1 fully saturated rings. The lowest BCUT2D eigenvalue weighted by Gasteiger charge is -2.31. The summed E-state index contributed by atoms with van der Waals surface area (Å²) >= 11 is 0. The molecule has 0 aromatic carbocycles. The summed E-state index contributed by atoms with van der Waals surface area (Å²) in [5.74, 6) is 2.22. The minimum atomic E-state index is 0.129. The zero-order valence-corrected chi connectivity index (χ0v) is 11.6. The Morgan fingerprint density at radius 2 is 2.39 bits per heavy atom. The van der Waals surface area contributed by atoms with Gasteiger partial charge in [0.05, 0.1) is 6.04 Å². The third kappa shape index (κ3) is 3.29. The molecule has 2 rings (SSSR count). The van der Waals surface area contributed by atoms with Crippen LogP contribution in [-0.4, -0.2) is 41.7 Å². The van der Waals surface area contributed by atoms with Crippen molar-refractivity contribution in [2.45, 2.75) is 39.2 Å². The standard InChI is InChI=1S/C13H24N4O/c1-4-17-7-5-6-11(9-17)8-12-15-13(18-16-12)10(2)14-3/h10-11,14H,4-9H2,1-3H3. The SMILES string of the molecule is CCN1CCCC(Cc2noc(C(C)NC)n2)C1. The van der Waals surface area contributed by atoms with Crippen molar-refractivity contribution in [1.82, 2.24) is 20.4 Å². The van der Waals surface area contributed by atoms with Crippen LogP contribution in [0.2, 0.25) is 0 Å². The number of rotatable bonds is 5. The largest absolute Gasteiger partial charge is 0.338 e. The molecular weight excluding hydrogens is 228 g/mol. The van der Waals surface area contributed by atoms with Crippen molar-refractivity contribution in [3.8, 4) is 0 Å². The van der Waals surface area contributed by atoms with Crippen LogP contribution in [0.15, 0.2) is 4.52 Å². The number of nitrogens with zero attached hydrogens (tertiary/aromatic N) is 3. The van der Waals surface area contributed by atoms with Crippen molar-refractivity contribution in [3.63, 3.8) is 0 Å². The fraction of sp³-hybridized carbons (Fsp3) is 0.846. The third-order valence-corrected chi connectivity index (χ3v) is 3.81. The minimum absolute atomic E-state index is 0.129. The van der Waals surface area contributed by atoms with E-state index in [4.69, 9.17) is 4.52 Å². The molecule has 0 bridgehead atoms. The summed E-state index contributed by atoms with van der Waals surface area (Å²) in [6.45, 7) is 7.80. The number of likely N-dealkylation sites (tertiary alicyclic amines) is 1. The van der Waals surface area contributed by atoms with Gasteiger partial charge in [-0.2, -0.15) is 4.98 Å². The van der Waals surface area contributed by atoms with Crippen LogP contribution in [0.4, 0.5) is 0 Å². The quantitative estimate of drug-likeness (QED) is 0.863. The van der Waals surface area contributed by atoms with Crippen LogP contribution >= 0.6 is 0 Å². The van der Waals surface area contributed by atoms with Gasteiger partial charge < -0.3 is 14.7 Å². The minimum Gasteiger partial charge on any atom is -0.338 e. The highest BCUT2D eigenvalue weighted by atomic mass is 16.5. The lowest BCUT2D eigenvalue weighted by molar-refractivity contribution is 0.180. The molecule has 1 aromatic heterocycles. The first kappa shape index (κ1) is 13.5. The highest BCUT2D eigenvalue weighted by Crippen LogP contribution is 2.20. The summed E-state index contributed by atoms with van der Waals surface area (Å²) in [5, 5.41) is 7.20. The van der Waals surface area contributed by atoms with Crippen LogP contribution in [-0.2, 0) is 6.42 Å². The molecule has 1 aliphatic heterocycles. The molecule has 0 saturated carbocycles. The van der Waals surface area contributed by atoms with Gasteiger partial charge in [0.2, 0.25) is 5.89 Å².